The Labute approximate surface area is 91.6 Å². The molecule has 1 aromatic carbocycles. The smallest absolute Gasteiger partial charge is 0.122 e. The van der Waals surface area contributed by atoms with E-state index in [2.05, 4.69) is 30.4 Å². The SMILES string of the molecule is COc1cc(C)ccc1CC1CCCN1. The number of hydrogen-bond donors (Lipinski definition) is 1. The Kier molecular flexibility index (Phi) is 3.27. The first-order valence-electron chi connectivity index (χ1n) is 5.66. The van der Waals surface area contributed by atoms with Crippen LogP contribution in [-0.2, 0) is 6.42 Å². The second-order valence-corrected chi connectivity index (χ2v) is 4.31. The second kappa shape index (κ2) is 4.67. The lowest BCUT2D eigenvalue weighted by Gasteiger charge is -2.13. The summed E-state index contributed by atoms with van der Waals surface area (Å²) in [4.78, 5) is 0. The number of ether oxygens (including phenoxy) is 1. The third kappa shape index (κ3) is 2.51. The number of benzene rings is 1. The van der Waals surface area contributed by atoms with Crippen LogP contribution in [0.5, 0.6) is 5.75 Å². The Bertz CT molecular complexity index is 329. The maximum Gasteiger partial charge on any atom is 0.122 e. The molecule has 1 aromatic rings. The lowest BCUT2D eigenvalue weighted by molar-refractivity contribution is 0.406. The van der Waals surface area contributed by atoms with Gasteiger partial charge in [-0.3, -0.25) is 0 Å². The molecular formula is C13H19NO. The molecule has 0 radical (unpaired) electrons. The van der Waals surface area contributed by atoms with E-state index in [1.165, 1.54) is 30.5 Å². The topological polar surface area (TPSA) is 21.3 Å². The fraction of sp³-hybridized carbons (Fsp3) is 0.538. The summed E-state index contributed by atoms with van der Waals surface area (Å²) < 4.78 is 5.41. The molecule has 1 fully saturated rings. The molecule has 0 bridgehead atoms. The van der Waals surface area contributed by atoms with Gasteiger partial charge in [0.05, 0.1) is 7.11 Å². The largest absolute Gasteiger partial charge is 0.496 e. The van der Waals surface area contributed by atoms with Gasteiger partial charge in [0.1, 0.15) is 5.75 Å². The molecule has 1 aliphatic rings. The van der Waals surface area contributed by atoms with E-state index in [1.54, 1.807) is 7.11 Å². The van der Waals surface area contributed by atoms with Gasteiger partial charge in [0.15, 0.2) is 0 Å². The minimum Gasteiger partial charge on any atom is -0.496 e. The van der Waals surface area contributed by atoms with E-state index in [0.717, 1.165) is 12.2 Å². The summed E-state index contributed by atoms with van der Waals surface area (Å²) in [6.07, 6.45) is 3.68. The van der Waals surface area contributed by atoms with Crippen LogP contribution >= 0.6 is 0 Å². The molecule has 0 saturated carbocycles. The summed E-state index contributed by atoms with van der Waals surface area (Å²) in [5.41, 5.74) is 2.58. The van der Waals surface area contributed by atoms with Crippen LogP contribution in [0.4, 0.5) is 0 Å². The van der Waals surface area contributed by atoms with Crippen molar-refractivity contribution in [2.24, 2.45) is 0 Å². The molecule has 0 spiro atoms. The summed E-state index contributed by atoms with van der Waals surface area (Å²) in [6, 6.07) is 7.10. The van der Waals surface area contributed by atoms with Crippen molar-refractivity contribution in [2.45, 2.75) is 32.2 Å². The zero-order chi connectivity index (χ0) is 10.7. The lowest BCUT2D eigenvalue weighted by atomic mass is 10.0. The van der Waals surface area contributed by atoms with Crippen LogP contribution in [-0.4, -0.2) is 19.7 Å². The van der Waals surface area contributed by atoms with Crippen LogP contribution in [0, 0.1) is 6.92 Å². The second-order valence-electron chi connectivity index (χ2n) is 4.31. The standard InChI is InChI=1S/C13H19NO/c1-10-5-6-11(13(8-10)15-2)9-12-4-3-7-14-12/h5-6,8,12,14H,3-4,7,9H2,1-2H3. The van der Waals surface area contributed by atoms with Crippen molar-refractivity contribution in [1.82, 2.24) is 5.32 Å². The number of hydrogen-bond acceptors (Lipinski definition) is 2. The van der Waals surface area contributed by atoms with Gasteiger partial charge in [0, 0.05) is 6.04 Å². The van der Waals surface area contributed by atoms with Gasteiger partial charge in [-0.2, -0.15) is 0 Å². The average Bonchev–Trinajstić information content (AvgIpc) is 2.73. The van der Waals surface area contributed by atoms with E-state index in [0.29, 0.717) is 6.04 Å². The molecule has 2 nitrogen and oxygen atoms in total. The molecule has 1 aliphatic heterocycles. The highest BCUT2D eigenvalue weighted by atomic mass is 16.5. The minimum absolute atomic E-state index is 0.640. The molecule has 1 atom stereocenters. The van der Waals surface area contributed by atoms with Crippen molar-refractivity contribution in [3.05, 3.63) is 29.3 Å². The van der Waals surface area contributed by atoms with Crippen LogP contribution in [0.3, 0.4) is 0 Å². The molecule has 2 rings (SSSR count). The fourth-order valence-corrected chi connectivity index (χ4v) is 2.22. The number of rotatable bonds is 3. The Hall–Kier alpha value is -1.02. The first kappa shape index (κ1) is 10.5. The van der Waals surface area contributed by atoms with Gasteiger partial charge < -0.3 is 10.1 Å². The molecule has 1 N–H and O–H groups in total. The van der Waals surface area contributed by atoms with Gasteiger partial charge in [-0.15, -0.1) is 0 Å². The van der Waals surface area contributed by atoms with Crippen molar-refractivity contribution >= 4 is 0 Å². The average molecular weight is 205 g/mol. The van der Waals surface area contributed by atoms with Crippen LogP contribution in [0.25, 0.3) is 0 Å². The molecule has 1 unspecified atom stereocenters. The Morgan fingerprint density at radius 2 is 2.33 bits per heavy atom. The first-order valence-corrected chi connectivity index (χ1v) is 5.66. The monoisotopic (exact) mass is 205 g/mol. The predicted molar refractivity (Wildman–Crippen MR) is 62.5 cm³/mol. The van der Waals surface area contributed by atoms with Crippen LogP contribution in [0.1, 0.15) is 24.0 Å². The normalized spacial score (nSPS) is 20.5. The van der Waals surface area contributed by atoms with Gasteiger partial charge in [-0.1, -0.05) is 12.1 Å². The third-order valence-electron chi connectivity index (χ3n) is 3.07. The number of aryl methyl sites for hydroxylation is 1. The van der Waals surface area contributed by atoms with Crippen LogP contribution in [0.15, 0.2) is 18.2 Å². The minimum atomic E-state index is 0.640. The molecule has 82 valence electrons. The Morgan fingerprint density at radius 1 is 1.47 bits per heavy atom. The van der Waals surface area contributed by atoms with E-state index in [1.807, 2.05) is 0 Å². The quantitative estimate of drug-likeness (QED) is 0.817. The number of nitrogens with one attached hydrogen (secondary N) is 1. The third-order valence-corrected chi connectivity index (χ3v) is 3.07. The van der Waals surface area contributed by atoms with Gasteiger partial charge in [0.2, 0.25) is 0 Å². The number of methoxy groups -OCH3 is 1. The summed E-state index contributed by atoms with van der Waals surface area (Å²) in [7, 11) is 1.75. The lowest BCUT2D eigenvalue weighted by Crippen LogP contribution is -2.23. The molecule has 15 heavy (non-hydrogen) atoms. The zero-order valence-electron chi connectivity index (χ0n) is 9.55. The highest BCUT2D eigenvalue weighted by molar-refractivity contribution is 5.37. The van der Waals surface area contributed by atoms with Crippen molar-refractivity contribution in [3.8, 4) is 5.75 Å². The highest BCUT2D eigenvalue weighted by Gasteiger charge is 2.16. The summed E-state index contributed by atoms with van der Waals surface area (Å²) >= 11 is 0. The van der Waals surface area contributed by atoms with Crippen molar-refractivity contribution < 1.29 is 4.74 Å². The van der Waals surface area contributed by atoms with Crippen molar-refractivity contribution in [2.75, 3.05) is 13.7 Å². The Morgan fingerprint density at radius 3 is 3.00 bits per heavy atom. The summed E-state index contributed by atoms with van der Waals surface area (Å²) in [5, 5.41) is 3.52. The van der Waals surface area contributed by atoms with Crippen LogP contribution < -0.4 is 10.1 Å². The van der Waals surface area contributed by atoms with E-state index in [4.69, 9.17) is 4.74 Å². The van der Waals surface area contributed by atoms with Gasteiger partial charge >= 0.3 is 0 Å². The molecule has 2 heteroatoms. The van der Waals surface area contributed by atoms with Crippen LogP contribution in [0.2, 0.25) is 0 Å². The summed E-state index contributed by atoms with van der Waals surface area (Å²) in [6.45, 7) is 3.26. The highest BCUT2D eigenvalue weighted by Crippen LogP contribution is 2.23. The molecule has 1 saturated heterocycles. The maximum atomic E-state index is 5.41. The van der Waals surface area contributed by atoms with E-state index in [9.17, 15) is 0 Å². The Balaban J connectivity index is 2.12. The molecule has 0 amide bonds. The molecule has 0 aliphatic carbocycles. The molecular weight excluding hydrogens is 186 g/mol. The maximum absolute atomic E-state index is 5.41. The first-order chi connectivity index (χ1) is 7.29. The van der Waals surface area contributed by atoms with Crippen molar-refractivity contribution in [3.63, 3.8) is 0 Å². The zero-order valence-corrected chi connectivity index (χ0v) is 9.55. The van der Waals surface area contributed by atoms with Gasteiger partial charge in [-0.05, 0) is 49.9 Å². The van der Waals surface area contributed by atoms with Crippen molar-refractivity contribution in [1.29, 1.82) is 0 Å². The van der Waals surface area contributed by atoms with Gasteiger partial charge in [0.25, 0.3) is 0 Å². The molecule has 1 heterocycles. The fourth-order valence-electron chi connectivity index (χ4n) is 2.22. The van der Waals surface area contributed by atoms with Gasteiger partial charge in [-0.25, -0.2) is 0 Å². The van der Waals surface area contributed by atoms with E-state index < -0.39 is 0 Å². The van der Waals surface area contributed by atoms with E-state index >= 15 is 0 Å². The molecule has 0 aromatic heterocycles. The van der Waals surface area contributed by atoms with E-state index in [-0.39, 0.29) is 0 Å². The summed E-state index contributed by atoms with van der Waals surface area (Å²) in [5.74, 6) is 1.03. The predicted octanol–water partition coefficient (Wildman–Crippen LogP) is 2.30.